The summed E-state index contributed by atoms with van der Waals surface area (Å²) >= 11 is 1.78. The number of thioether (sulfide) groups is 1. The SMILES string of the molecule is Cc1ccccc1SCc1nc2c(c(NN)n1)CCCC2. The summed E-state index contributed by atoms with van der Waals surface area (Å²) < 4.78 is 0. The number of aromatic nitrogens is 2. The summed E-state index contributed by atoms with van der Waals surface area (Å²) in [6.45, 7) is 2.13. The number of hydrazine groups is 1. The molecule has 1 heterocycles. The zero-order valence-corrected chi connectivity index (χ0v) is 13.0. The minimum atomic E-state index is 0.771. The number of anilines is 1. The van der Waals surface area contributed by atoms with Crippen LogP contribution in [-0.2, 0) is 18.6 Å². The predicted molar refractivity (Wildman–Crippen MR) is 87.2 cm³/mol. The number of hydrogen-bond donors (Lipinski definition) is 2. The van der Waals surface area contributed by atoms with Crippen LogP contribution in [0.1, 0.15) is 35.5 Å². The second kappa shape index (κ2) is 6.45. The van der Waals surface area contributed by atoms with Crippen molar-refractivity contribution < 1.29 is 0 Å². The number of rotatable bonds is 4. The van der Waals surface area contributed by atoms with Crippen molar-refractivity contribution in [1.82, 2.24) is 9.97 Å². The molecule has 0 aliphatic heterocycles. The molecule has 0 atom stereocenters. The van der Waals surface area contributed by atoms with E-state index in [1.165, 1.54) is 34.6 Å². The van der Waals surface area contributed by atoms with E-state index in [9.17, 15) is 0 Å². The summed E-state index contributed by atoms with van der Waals surface area (Å²) in [6.07, 6.45) is 4.47. The van der Waals surface area contributed by atoms with Crippen LogP contribution in [0.4, 0.5) is 5.82 Å². The molecule has 3 N–H and O–H groups in total. The van der Waals surface area contributed by atoms with E-state index in [0.29, 0.717) is 0 Å². The van der Waals surface area contributed by atoms with Gasteiger partial charge < -0.3 is 5.43 Å². The number of nitrogens with one attached hydrogen (secondary N) is 1. The molecule has 0 radical (unpaired) electrons. The van der Waals surface area contributed by atoms with E-state index in [4.69, 9.17) is 10.8 Å². The third kappa shape index (κ3) is 3.19. The molecule has 110 valence electrons. The smallest absolute Gasteiger partial charge is 0.147 e. The highest BCUT2D eigenvalue weighted by atomic mass is 32.2. The molecule has 3 rings (SSSR count). The molecule has 2 aromatic rings. The van der Waals surface area contributed by atoms with Crippen LogP contribution in [0.3, 0.4) is 0 Å². The van der Waals surface area contributed by atoms with Gasteiger partial charge in [0, 0.05) is 16.2 Å². The highest BCUT2D eigenvalue weighted by molar-refractivity contribution is 7.98. The maximum atomic E-state index is 5.63. The lowest BCUT2D eigenvalue weighted by atomic mass is 9.96. The Balaban J connectivity index is 1.81. The van der Waals surface area contributed by atoms with Gasteiger partial charge in [0.1, 0.15) is 11.6 Å². The van der Waals surface area contributed by atoms with Crippen molar-refractivity contribution in [3.05, 3.63) is 46.9 Å². The van der Waals surface area contributed by atoms with Crippen molar-refractivity contribution in [2.45, 2.75) is 43.3 Å². The topological polar surface area (TPSA) is 63.8 Å². The van der Waals surface area contributed by atoms with Gasteiger partial charge in [-0.05, 0) is 44.2 Å². The summed E-state index contributed by atoms with van der Waals surface area (Å²) in [7, 11) is 0. The van der Waals surface area contributed by atoms with Gasteiger partial charge in [0.2, 0.25) is 0 Å². The van der Waals surface area contributed by atoms with E-state index in [1.807, 2.05) is 0 Å². The molecule has 1 aromatic carbocycles. The quantitative estimate of drug-likeness (QED) is 0.515. The zero-order chi connectivity index (χ0) is 14.7. The predicted octanol–water partition coefficient (Wildman–Crippen LogP) is 3.24. The number of nitrogen functional groups attached to an aromatic ring is 1. The number of aryl methyl sites for hydroxylation is 2. The van der Waals surface area contributed by atoms with E-state index < -0.39 is 0 Å². The van der Waals surface area contributed by atoms with Gasteiger partial charge in [-0.15, -0.1) is 11.8 Å². The first-order valence-electron chi connectivity index (χ1n) is 7.31. The molecule has 0 spiro atoms. The van der Waals surface area contributed by atoms with E-state index in [0.717, 1.165) is 30.2 Å². The van der Waals surface area contributed by atoms with Crippen LogP contribution >= 0.6 is 11.8 Å². The number of nitrogens with two attached hydrogens (primary N) is 1. The summed E-state index contributed by atoms with van der Waals surface area (Å²) in [5, 5.41) is 0. The molecule has 21 heavy (non-hydrogen) atoms. The Bertz CT molecular complexity index is 625. The normalized spacial score (nSPS) is 13.8. The van der Waals surface area contributed by atoms with E-state index in [1.54, 1.807) is 11.8 Å². The molecule has 1 aromatic heterocycles. The second-order valence-corrected chi connectivity index (χ2v) is 6.34. The van der Waals surface area contributed by atoms with Crippen LogP contribution in [-0.4, -0.2) is 9.97 Å². The maximum Gasteiger partial charge on any atom is 0.147 e. The number of nitrogens with zero attached hydrogens (tertiary/aromatic N) is 2. The number of fused-ring (bicyclic) bond motifs is 1. The first-order chi connectivity index (χ1) is 10.3. The van der Waals surface area contributed by atoms with Crippen molar-refractivity contribution in [2.24, 2.45) is 5.84 Å². The van der Waals surface area contributed by atoms with Crippen molar-refractivity contribution in [3.8, 4) is 0 Å². The fourth-order valence-corrected chi connectivity index (χ4v) is 3.57. The Morgan fingerprint density at radius 1 is 1.19 bits per heavy atom. The Morgan fingerprint density at radius 2 is 2.00 bits per heavy atom. The monoisotopic (exact) mass is 300 g/mol. The molecule has 5 heteroatoms. The lowest BCUT2D eigenvalue weighted by Crippen LogP contribution is -2.17. The maximum absolute atomic E-state index is 5.63. The molecule has 0 saturated carbocycles. The fourth-order valence-electron chi connectivity index (χ4n) is 2.69. The summed E-state index contributed by atoms with van der Waals surface area (Å²) in [5.74, 6) is 8.06. The molecule has 0 unspecified atom stereocenters. The third-order valence-electron chi connectivity index (χ3n) is 3.82. The summed E-state index contributed by atoms with van der Waals surface area (Å²) in [4.78, 5) is 10.6. The molecule has 0 bridgehead atoms. The van der Waals surface area contributed by atoms with Crippen LogP contribution in [0.2, 0.25) is 0 Å². The van der Waals surface area contributed by atoms with Gasteiger partial charge in [-0.25, -0.2) is 15.8 Å². The first kappa shape index (κ1) is 14.4. The van der Waals surface area contributed by atoms with Gasteiger partial charge in [-0.1, -0.05) is 18.2 Å². The van der Waals surface area contributed by atoms with Crippen LogP contribution in [0, 0.1) is 6.92 Å². The Morgan fingerprint density at radius 3 is 2.81 bits per heavy atom. The Labute approximate surface area is 129 Å². The average Bonchev–Trinajstić information content (AvgIpc) is 2.53. The molecular formula is C16H20N4S. The molecular weight excluding hydrogens is 280 g/mol. The minimum absolute atomic E-state index is 0.771. The highest BCUT2D eigenvalue weighted by Gasteiger charge is 2.17. The third-order valence-corrected chi connectivity index (χ3v) is 4.99. The van der Waals surface area contributed by atoms with E-state index >= 15 is 0 Å². The lowest BCUT2D eigenvalue weighted by molar-refractivity contribution is 0.659. The van der Waals surface area contributed by atoms with E-state index in [2.05, 4.69) is 41.6 Å². The van der Waals surface area contributed by atoms with Gasteiger partial charge in [0.05, 0.1) is 5.75 Å². The van der Waals surface area contributed by atoms with Gasteiger partial charge in [0.15, 0.2) is 0 Å². The van der Waals surface area contributed by atoms with Crippen molar-refractivity contribution >= 4 is 17.6 Å². The van der Waals surface area contributed by atoms with Crippen molar-refractivity contribution in [1.29, 1.82) is 0 Å². The van der Waals surface area contributed by atoms with Crippen LogP contribution < -0.4 is 11.3 Å². The van der Waals surface area contributed by atoms with Gasteiger partial charge in [-0.3, -0.25) is 0 Å². The van der Waals surface area contributed by atoms with Gasteiger partial charge >= 0.3 is 0 Å². The van der Waals surface area contributed by atoms with Crippen LogP contribution in [0.25, 0.3) is 0 Å². The van der Waals surface area contributed by atoms with Crippen LogP contribution in [0.15, 0.2) is 29.2 Å². The van der Waals surface area contributed by atoms with Gasteiger partial charge in [-0.2, -0.15) is 0 Å². The Kier molecular flexibility index (Phi) is 4.41. The Hall–Kier alpha value is -1.59. The lowest BCUT2D eigenvalue weighted by Gasteiger charge is -2.18. The largest absolute Gasteiger partial charge is 0.308 e. The minimum Gasteiger partial charge on any atom is -0.308 e. The fraction of sp³-hybridized carbons (Fsp3) is 0.375. The second-order valence-electron chi connectivity index (χ2n) is 5.32. The van der Waals surface area contributed by atoms with Crippen molar-refractivity contribution in [3.63, 3.8) is 0 Å². The summed E-state index contributed by atoms with van der Waals surface area (Å²) in [6, 6.07) is 8.39. The van der Waals surface area contributed by atoms with Crippen molar-refractivity contribution in [2.75, 3.05) is 5.43 Å². The zero-order valence-electron chi connectivity index (χ0n) is 12.2. The van der Waals surface area contributed by atoms with E-state index in [-0.39, 0.29) is 0 Å². The highest BCUT2D eigenvalue weighted by Crippen LogP contribution is 2.28. The molecule has 0 saturated heterocycles. The number of benzene rings is 1. The first-order valence-corrected chi connectivity index (χ1v) is 8.30. The molecule has 4 nitrogen and oxygen atoms in total. The molecule has 0 amide bonds. The summed E-state index contributed by atoms with van der Waals surface area (Å²) in [5.41, 5.74) is 6.41. The average molecular weight is 300 g/mol. The number of hydrogen-bond acceptors (Lipinski definition) is 5. The molecule has 1 aliphatic carbocycles. The standard InChI is InChI=1S/C16H20N4S/c1-11-6-2-5-9-14(11)21-10-15-18-13-8-4-3-7-12(13)16(19-15)20-17/h2,5-6,9H,3-4,7-8,10,17H2,1H3,(H,18,19,20). The molecule has 0 fully saturated rings. The van der Waals surface area contributed by atoms with Gasteiger partial charge in [0.25, 0.3) is 0 Å². The molecule has 1 aliphatic rings. The van der Waals surface area contributed by atoms with Crippen LogP contribution in [0.5, 0.6) is 0 Å².